The highest BCUT2D eigenvalue weighted by Gasteiger charge is 2.54. The van der Waals surface area contributed by atoms with Crippen LogP contribution in [0.15, 0.2) is 191 Å². The second-order valence-electron chi connectivity index (χ2n) is 13.6. The maximum absolute atomic E-state index is 14.7. The molecular formula is C46H31F3N4O2P+. The summed E-state index contributed by atoms with van der Waals surface area (Å²) in [6.07, 6.45) is 2.93. The number of halogens is 3. The molecule has 0 saturated carbocycles. The third-order valence-electron chi connectivity index (χ3n) is 10.2. The van der Waals surface area contributed by atoms with Crippen molar-refractivity contribution in [3.05, 3.63) is 226 Å². The maximum atomic E-state index is 14.7. The number of rotatable bonds is 6. The minimum Gasteiger partial charge on any atom is -0.248 e. The molecule has 0 amide bonds. The minimum absolute atomic E-state index is 0.435. The highest BCUT2D eigenvalue weighted by molar-refractivity contribution is 7.62. The Hall–Kier alpha value is -6.38. The fraction of sp³-hybridized carbons (Fsp3) is 0.0435. The molecule has 0 fully saturated rings. The molecule has 4 aliphatic rings. The van der Waals surface area contributed by atoms with E-state index in [-0.39, 0.29) is 0 Å². The zero-order valence-corrected chi connectivity index (χ0v) is 30.5. The first-order chi connectivity index (χ1) is 27.3. The summed E-state index contributed by atoms with van der Waals surface area (Å²) in [5.41, 5.74) is 8.76. The van der Waals surface area contributed by atoms with E-state index in [1.165, 1.54) is 0 Å². The summed E-state index contributed by atoms with van der Waals surface area (Å²) in [5.74, 6) is 0. The molecule has 6 aromatic rings. The Morgan fingerprint density at radius 2 is 0.857 bits per heavy atom. The monoisotopic (exact) mass is 759 g/mol. The third kappa shape index (κ3) is 5.55. The lowest BCUT2D eigenvalue weighted by molar-refractivity contribution is -0.154. The summed E-state index contributed by atoms with van der Waals surface area (Å²) in [7, 11) is -4.69. The van der Waals surface area contributed by atoms with Gasteiger partial charge in [0.1, 0.15) is 0 Å². The fourth-order valence-electron chi connectivity index (χ4n) is 7.95. The zero-order chi connectivity index (χ0) is 38.0. The van der Waals surface area contributed by atoms with Crippen LogP contribution in [0.4, 0.5) is 13.2 Å². The Balaban J connectivity index is 1.49. The van der Waals surface area contributed by atoms with Gasteiger partial charge in [-0.25, -0.2) is 9.98 Å². The third-order valence-corrected chi connectivity index (χ3v) is 12.6. The van der Waals surface area contributed by atoms with Crippen LogP contribution in [0.2, 0.25) is 0 Å². The molecule has 1 atom stereocenters. The van der Waals surface area contributed by atoms with Crippen LogP contribution in [0.25, 0.3) is 22.3 Å². The van der Waals surface area contributed by atoms with Crippen LogP contribution in [0.5, 0.6) is 0 Å². The first-order valence-electron chi connectivity index (χ1n) is 18.1. The van der Waals surface area contributed by atoms with Gasteiger partial charge in [0.05, 0.1) is 44.9 Å². The number of alkyl halides is 3. The van der Waals surface area contributed by atoms with Crippen molar-refractivity contribution in [1.29, 1.82) is 0 Å². The van der Waals surface area contributed by atoms with Gasteiger partial charge in [-0.05, 0) is 70.8 Å². The summed E-state index contributed by atoms with van der Waals surface area (Å²) in [4.78, 5) is 24.5. The standard InChI is InChI=1S/C46H31F3N4O2P/c47-46(48,49)29-55-56(54)52-38-25-26-39(52)44(32-17-9-3-10-18-32)36-23-24-37(51-36)45(33-19-11-4-12-20-33)41-28-27-40(53(41)56)43(31-15-7-2-8-16-31)35-22-21-34(50-35)42(38)30-13-5-1-6-14-30/h1-28,54H,29H2/q+1. The second kappa shape index (κ2) is 13.1. The van der Waals surface area contributed by atoms with Gasteiger partial charge in [-0.1, -0.05) is 121 Å². The van der Waals surface area contributed by atoms with Crippen molar-refractivity contribution < 1.29 is 22.6 Å². The first kappa shape index (κ1) is 34.1. The minimum atomic E-state index is -4.78. The van der Waals surface area contributed by atoms with E-state index in [0.29, 0.717) is 67.2 Å². The maximum Gasteiger partial charge on any atom is 0.495 e. The number of aliphatic imine (C=N–C) groups is 2. The van der Waals surface area contributed by atoms with Crippen molar-refractivity contribution >= 4 is 41.7 Å². The van der Waals surface area contributed by atoms with Crippen molar-refractivity contribution in [3.63, 3.8) is 0 Å². The predicted octanol–water partition coefficient (Wildman–Crippen LogP) is 8.90. The van der Waals surface area contributed by atoms with E-state index < -0.39 is 20.8 Å². The molecule has 0 spiro atoms. The molecule has 1 N–H and O–H groups in total. The largest absolute Gasteiger partial charge is 0.495 e. The van der Waals surface area contributed by atoms with Gasteiger partial charge >= 0.3 is 14.2 Å². The topological polar surface area (TPSA) is 64.0 Å². The van der Waals surface area contributed by atoms with Gasteiger partial charge in [0.15, 0.2) is 6.61 Å². The highest BCUT2D eigenvalue weighted by Crippen LogP contribution is 2.62. The van der Waals surface area contributed by atoms with Gasteiger partial charge in [-0.15, -0.1) is 8.68 Å². The molecule has 10 heteroatoms. The van der Waals surface area contributed by atoms with Crippen molar-refractivity contribution in [1.82, 2.24) is 8.68 Å². The van der Waals surface area contributed by atoms with Crippen LogP contribution in [0.1, 0.15) is 33.6 Å². The van der Waals surface area contributed by atoms with Crippen molar-refractivity contribution in [2.45, 2.75) is 6.18 Å². The lowest BCUT2D eigenvalue weighted by Crippen LogP contribution is -2.38. The Kier molecular flexibility index (Phi) is 8.01. The molecule has 272 valence electrons. The molecule has 2 aromatic heterocycles. The summed E-state index contributed by atoms with van der Waals surface area (Å²) < 4.78 is 53.4. The lowest BCUT2D eigenvalue weighted by Gasteiger charge is -2.27. The predicted molar refractivity (Wildman–Crippen MR) is 216 cm³/mol. The SMILES string of the molecule is O[P+]1(OCC(F)(F)F)n2c3ccc2C(c2ccccc2)=C2C=CC(=N2)C(c2ccccc2)=c2ccc(n21)=C(c1ccccc1)C1=NC(=C3c2ccccc2)C=C1. The van der Waals surface area contributed by atoms with Crippen LogP contribution >= 0.6 is 8.02 Å². The van der Waals surface area contributed by atoms with E-state index in [1.54, 1.807) is 8.68 Å². The molecule has 6 nitrogen and oxygen atoms in total. The van der Waals surface area contributed by atoms with E-state index in [9.17, 15) is 18.1 Å². The molecular weight excluding hydrogens is 728 g/mol. The van der Waals surface area contributed by atoms with Crippen LogP contribution in [0.3, 0.4) is 0 Å². The molecule has 0 aliphatic carbocycles. The Morgan fingerprint density at radius 1 is 0.482 bits per heavy atom. The van der Waals surface area contributed by atoms with Crippen molar-refractivity contribution in [3.8, 4) is 0 Å². The summed E-state index contributed by atoms with van der Waals surface area (Å²) in [5, 5.41) is 0.870. The Labute approximate surface area is 320 Å². The molecule has 56 heavy (non-hydrogen) atoms. The van der Waals surface area contributed by atoms with Crippen molar-refractivity contribution in [2.24, 2.45) is 9.98 Å². The van der Waals surface area contributed by atoms with Crippen molar-refractivity contribution in [2.75, 3.05) is 6.61 Å². The Bertz CT molecular complexity index is 2710. The quantitative estimate of drug-likeness (QED) is 0.173. The normalized spacial score (nSPS) is 18.4. The summed E-state index contributed by atoms with van der Waals surface area (Å²) in [6, 6.07) is 45.7. The smallest absolute Gasteiger partial charge is 0.248 e. The average Bonchev–Trinajstić information content (AvgIpc) is 4.05. The molecule has 10 rings (SSSR count). The number of benzene rings is 4. The summed E-state index contributed by atoms with van der Waals surface area (Å²) >= 11 is 0. The van der Waals surface area contributed by atoms with E-state index in [1.807, 2.05) is 170 Å². The molecule has 4 aliphatic heterocycles. The number of hydrogen-bond acceptors (Lipinski definition) is 4. The van der Waals surface area contributed by atoms with Crippen LogP contribution in [0, 0.1) is 0 Å². The Morgan fingerprint density at radius 3 is 1.23 bits per heavy atom. The average molecular weight is 760 g/mol. The van der Waals surface area contributed by atoms with Crippen LogP contribution < -0.4 is 10.7 Å². The molecule has 0 radical (unpaired) electrons. The van der Waals surface area contributed by atoms with E-state index in [4.69, 9.17) is 14.5 Å². The molecule has 4 aromatic carbocycles. The van der Waals surface area contributed by atoms with E-state index in [0.717, 1.165) is 22.3 Å². The van der Waals surface area contributed by atoms with Gasteiger partial charge in [-0.2, -0.15) is 22.6 Å². The molecule has 6 bridgehead atoms. The molecule has 1 unspecified atom stereocenters. The van der Waals surface area contributed by atoms with Gasteiger partial charge < -0.3 is 0 Å². The highest BCUT2D eigenvalue weighted by atomic mass is 31.2. The number of nitrogens with zero attached hydrogens (tertiary/aromatic N) is 4. The number of fused-ring (bicyclic) bond motifs is 2. The lowest BCUT2D eigenvalue weighted by atomic mass is 10.0. The van der Waals surface area contributed by atoms with Crippen LogP contribution in [-0.4, -0.2) is 37.8 Å². The fourth-order valence-corrected chi connectivity index (χ4v) is 10.5. The van der Waals surface area contributed by atoms with Gasteiger partial charge in [0.2, 0.25) is 0 Å². The number of aromatic nitrogens is 2. The van der Waals surface area contributed by atoms with E-state index >= 15 is 0 Å². The van der Waals surface area contributed by atoms with E-state index in [2.05, 4.69) is 0 Å². The molecule has 6 heterocycles. The second-order valence-corrected chi connectivity index (χ2v) is 15.7. The summed E-state index contributed by atoms with van der Waals surface area (Å²) in [6.45, 7) is -1.71. The first-order valence-corrected chi connectivity index (χ1v) is 19.6. The zero-order valence-electron chi connectivity index (χ0n) is 29.6. The van der Waals surface area contributed by atoms with Gasteiger partial charge in [0, 0.05) is 22.3 Å². The van der Waals surface area contributed by atoms with Crippen LogP contribution in [-0.2, 0) is 4.52 Å². The van der Waals surface area contributed by atoms with Gasteiger partial charge in [0.25, 0.3) is 0 Å². The number of hydrogen-bond donors (Lipinski definition) is 1. The van der Waals surface area contributed by atoms with Gasteiger partial charge in [-0.3, -0.25) is 0 Å². The molecule has 0 saturated heterocycles. The number of allylic oxidation sites excluding steroid dienone is 4.